The molecule has 0 saturated heterocycles. The van der Waals surface area contributed by atoms with Crippen molar-refractivity contribution in [3.63, 3.8) is 0 Å². The van der Waals surface area contributed by atoms with Crippen LogP contribution in [0.15, 0.2) is 237 Å². The summed E-state index contributed by atoms with van der Waals surface area (Å²) in [6.45, 7) is 0. The van der Waals surface area contributed by atoms with Crippen LogP contribution in [-0.2, 0) is 6.42 Å². The summed E-state index contributed by atoms with van der Waals surface area (Å²) in [4.78, 5) is 15.7. The third-order valence-electron chi connectivity index (χ3n) is 13.5. The fourth-order valence-corrected chi connectivity index (χ4v) is 10.5. The predicted octanol–water partition coefficient (Wildman–Crippen LogP) is 15.6. The van der Waals surface area contributed by atoms with E-state index in [1.54, 1.807) is 0 Å². The van der Waals surface area contributed by atoms with E-state index in [4.69, 9.17) is 15.0 Å². The number of para-hydroxylation sites is 3. The van der Waals surface area contributed by atoms with Crippen LogP contribution in [-0.4, -0.2) is 24.1 Å². The summed E-state index contributed by atoms with van der Waals surface area (Å²) in [5.74, 6) is 1.89. The molecule has 1 aliphatic rings. The SMILES string of the molecule is C1=C(c2c(-c3ccccc3)ccc3c2c2ccccc2n3-c2ccccc2)c2c(n(-c3cc(-c4ccccc4)ccc3-c3nc(-c4ccccc4)nc(-c4ccccc4)n3)c3ccccc23)CC1. The maximum atomic E-state index is 5.31. The maximum absolute atomic E-state index is 5.31. The lowest BCUT2D eigenvalue weighted by Crippen LogP contribution is -2.09. The fourth-order valence-electron chi connectivity index (χ4n) is 10.5. The molecule has 0 fully saturated rings. The van der Waals surface area contributed by atoms with Crippen LogP contribution >= 0.6 is 0 Å². The normalized spacial score (nSPS) is 12.4. The second kappa shape index (κ2) is 16.5. The van der Waals surface area contributed by atoms with E-state index in [0.29, 0.717) is 17.5 Å². The molecule has 0 bridgehead atoms. The minimum Gasteiger partial charge on any atom is -0.312 e. The van der Waals surface area contributed by atoms with Crippen LogP contribution in [0.25, 0.3) is 106 Å². The molecule has 0 N–H and O–H groups in total. The van der Waals surface area contributed by atoms with E-state index in [-0.39, 0.29) is 0 Å². The van der Waals surface area contributed by atoms with Crippen LogP contribution in [0.3, 0.4) is 0 Å². The third-order valence-corrected chi connectivity index (χ3v) is 13.5. The number of hydrogen-bond acceptors (Lipinski definition) is 3. The Labute approximate surface area is 394 Å². The van der Waals surface area contributed by atoms with Gasteiger partial charge in [0.1, 0.15) is 0 Å². The highest BCUT2D eigenvalue weighted by molar-refractivity contribution is 6.19. The molecule has 1 aliphatic carbocycles. The molecule has 13 rings (SSSR count). The number of benzene rings is 9. The van der Waals surface area contributed by atoms with Crippen molar-refractivity contribution >= 4 is 38.3 Å². The second-order valence-electron chi connectivity index (χ2n) is 17.4. The number of rotatable bonds is 8. The summed E-state index contributed by atoms with van der Waals surface area (Å²) < 4.78 is 4.95. The van der Waals surface area contributed by atoms with Crippen molar-refractivity contribution < 1.29 is 0 Å². The van der Waals surface area contributed by atoms with E-state index < -0.39 is 0 Å². The molecule has 0 radical (unpaired) electrons. The molecule has 5 nitrogen and oxygen atoms in total. The number of allylic oxidation sites excluding steroid dienone is 1. The lowest BCUT2D eigenvalue weighted by Gasteiger charge is -2.23. The molecule has 5 heteroatoms. The Hall–Kier alpha value is -8.93. The van der Waals surface area contributed by atoms with Crippen LogP contribution in [0.1, 0.15) is 23.2 Å². The van der Waals surface area contributed by atoms with Gasteiger partial charge in [0.15, 0.2) is 17.5 Å². The van der Waals surface area contributed by atoms with Crippen molar-refractivity contribution in [3.05, 3.63) is 253 Å². The van der Waals surface area contributed by atoms with Gasteiger partial charge in [-0.1, -0.05) is 194 Å². The third kappa shape index (κ3) is 6.58. The molecule has 0 amide bonds. The van der Waals surface area contributed by atoms with Gasteiger partial charge in [-0.2, -0.15) is 0 Å². The molecule has 68 heavy (non-hydrogen) atoms. The van der Waals surface area contributed by atoms with Gasteiger partial charge in [0, 0.05) is 49.8 Å². The average molecular weight is 870 g/mol. The van der Waals surface area contributed by atoms with Gasteiger partial charge in [-0.25, -0.2) is 15.0 Å². The first-order valence-corrected chi connectivity index (χ1v) is 23.3. The Bertz CT molecular complexity index is 3810. The molecule has 0 spiro atoms. The number of aromatic nitrogens is 5. The second-order valence-corrected chi connectivity index (χ2v) is 17.4. The highest BCUT2D eigenvalue weighted by Crippen LogP contribution is 2.49. The Morgan fingerprint density at radius 2 is 0.868 bits per heavy atom. The molecular formula is C63H43N5. The highest BCUT2D eigenvalue weighted by Gasteiger charge is 2.30. The summed E-state index contributed by atoms with van der Waals surface area (Å²) in [6.07, 6.45) is 4.23. The summed E-state index contributed by atoms with van der Waals surface area (Å²) in [5.41, 5.74) is 18.2. The molecular weight excluding hydrogens is 827 g/mol. The smallest absolute Gasteiger partial charge is 0.166 e. The standard InChI is InChI=1S/C63H43N5/c1-6-21-42(22-7-1)46-37-38-51(63-65-61(44-25-10-3-11-26-44)64-62(66-63)45-27-12-4-13-28-45)57(41-46)68-54-35-19-16-31-49(54)58-52(33-20-36-55(58)68)59-48(43-23-8-2-9-24-43)39-40-56-60(59)50-32-17-18-34-53(50)67(56)47-29-14-5-15-30-47/h1-19,21-35,37-41H,20,36H2. The van der Waals surface area contributed by atoms with E-state index in [1.165, 1.54) is 60.7 Å². The first kappa shape index (κ1) is 39.4. The minimum absolute atomic E-state index is 0.621. The summed E-state index contributed by atoms with van der Waals surface area (Å²) in [7, 11) is 0. The van der Waals surface area contributed by atoms with Gasteiger partial charge in [0.05, 0.1) is 22.2 Å². The molecule has 0 unspecified atom stereocenters. The average Bonchev–Trinajstić information content (AvgIpc) is 3.95. The van der Waals surface area contributed by atoms with Gasteiger partial charge in [-0.15, -0.1) is 0 Å². The maximum Gasteiger partial charge on any atom is 0.166 e. The number of fused-ring (bicyclic) bond motifs is 6. The van der Waals surface area contributed by atoms with Crippen LogP contribution in [0.4, 0.5) is 0 Å². The van der Waals surface area contributed by atoms with E-state index >= 15 is 0 Å². The number of hydrogen-bond donors (Lipinski definition) is 0. The lowest BCUT2D eigenvalue weighted by molar-refractivity contribution is 0.884. The molecule has 0 aliphatic heterocycles. The largest absolute Gasteiger partial charge is 0.312 e. The zero-order chi connectivity index (χ0) is 45.0. The fraction of sp³-hybridized carbons (Fsp3) is 0.0317. The van der Waals surface area contributed by atoms with Crippen molar-refractivity contribution in [3.8, 4) is 67.8 Å². The van der Waals surface area contributed by atoms with Crippen molar-refractivity contribution in [2.45, 2.75) is 12.8 Å². The minimum atomic E-state index is 0.621. The molecule has 3 heterocycles. The Balaban J connectivity index is 1.11. The first-order valence-electron chi connectivity index (χ1n) is 23.3. The number of nitrogens with zero attached hydrogens (tertiary/aromatic N) is 5. The zero-order valence-electron chi connectivity index (χ0n) is 37.2. The van der Waals surface area contributed by atoms with Gasteiger partial charge >= 0.3 is 0 Å². The molecule has 3 aromatic heterocycles. The van der Waals surface area contributed by atoms with Gasteiger partial charge in [-0.05, 0) is 88.7 Å². The van der Waals surface area contributed by atoms with E-state index in [2.05, 4.69) is 209 Å². The van der Waals surface area contributed by atoms with Crippen LogP contribution < -0.4 is 0 Å². The highest BCUT2D eigenvalue weighted by atomic mass is 15.1. The Morgan fingerprint density at radius 3 is 1.51 bits per heavy atom. The van der Waals surface area contributed by atoms with Crippen LogP contribution in [0, 0.1) is 0 Å². The first-order chi connectivity index (χ1) is 33.8. The van der Waals surface area contributed by atoms with Crippen molar-refractivity contribution in [2.24, 2.45) is 0 Å². The molecule has 12 aromatic rings. The van der Waals surface area contributed by atoms with Crippen molar-refractivity contribution in [2.75, 3.05) is 0 Å². The predicted molar refractivity (Wildman–Crippen MR) is 280 cm³/mol. The lowest BCUT2D eigenvalue weighted by atomic mass is 9.83. The van der Waals surface area contributed by atoms with Crippen LogP contribution in [0.2, 0.25) is 0 Å². The van der Waals surface area contributed by atoms with E-state index in [1.807, 2.05) is 36.4 Å². The monoisotopic (exact) mass is 869 g/mol. The topological polar surface area (TPSA) is 48.5 Å². The Kier molecular flexibility index (Phi) is 9.57. The zero-order valence-corrected chi connectivity index (χ0v) is 37.2. The molecule has 9 aromatic carbocycles. The summed E-state index contributed by atoms with van der Waals surface area (Å²) in [5, 5.41) is 3.69. The molecule has 0 saturated carbocycles. The van der Waals surface area contributed by atoms with E-state index in [0.717, 1.165) is 57.6 Å². The van der Waals surface area contributed by atoms with E-state index in [9.17, 15) is 0 Å². The molecule has 0 atom stereocenters. The van der Waals surface area contributed by atoms with Gasteiger partial charge in [0.2, 0.25) is 0 Å². The summed E-state index contributed by atoms with van der Waals surface area (Å²) in [6, 6.07) is 82.1. The quantitative estimate of drug-likeness (QED) is 0.153. The van der Waals surface area contributed by atoms with Crippen LogP contribution in [0.5, 0.6) is 0 Å². The van der Waals surface area contributed by atoms with Crippen molar-refractivity contribution in [1.82, 2.24) is 24.1 Å². The van der Waals surface area contributed by atoms with Gasteiger partial charge in [-0.3, -0.25) is 0 Å². The van der Waals surface area contributed by atoms with Crippen molar-refractivity contribution in [1.29, 1.82) is 0 Å². The summed E-state index contributed by atoms with van der Waals surface area (Å²) >= 11 is 0. The van der Waals surface area contributed by atoms with Gasteiger partial charge < -0.3 is 9.13 Å². The Morgan fingerprint density at radius 1 is 0.353 bits per heavy atom. The molecule has 320 valence electrons. The van der Waals surface area contributed by atoms with Gasteiger partial charge in [0.25, 0.3) is 0 Å².